The number of nitrogens with one attached hydrogen (secondary N) is 1. The highest BCUT2D eigenvalue weighted by atomic mass is 35.5. The molecule has 0 bridgehead atoms. The summed E-state index contributed by atoms with van der Waals surface area (Å²) < 4.78 is 11.5. The topological polar surface area (TPSA) is 99.5 Å². The lowest BCUT2D eigenvalue weighted by molar-refractivity contribution is -0.118. The van der Waals surface area contributed by atoms with Gasteiger partial charge in [0, 0.05) is 11.1 Å². The fraction of sp³-hybridized carbons (Fsp3) is 0.182. The van der Waals surface area contributed by atoms with Crippen molar-refractivity contribution in [3.8, 4) is 11.4 Å². The lowest BCUT2D eigenvalue weighted by Crippen LogP contribution is -2.28. The summed E-state index contributed by atoms with van der Waals surface area (Å²) in [5.41, 5.74) is 0.609. The number of carbonyl (C=O) groups excluding carboxylic acids is 2. The van der Waals surface area contributed by atoms with Crippen molar-refractivity contribution in [2.45, 2.75) is 13.8 Å². The van der Waals surface area contributed by atoms with Gasteiger partial charge in [0.1, 0.15) is 5.75 Å². The Morgan fingerprint density at radius 1 is 1.09 bits per heavy atom. The molecule has 10 heteroatoms. The second-order valence-corrected chi connectivity index (χ2v) is 7.47. The fourth-order valence-electron chi connectivity index (χ4n) is 2.69. The van der Waals surface area contributed by atoms with Crippen molar-refractivity contribution in [2.24, 2.45) is 0 Å². The molecule has 3 aromatic rings. The van der Waals surface area contributed by atoms with Gasteiger partial charge in [0.2, 0.25) is 0 Å². The van der Waals surface area contributed by atoms with Crippen LogP contribution >= 0.6 is 23.2 Å². The van der Waals surface area contributed by atoms with Gasteiger partial charge in [0.25, 0.3) is 11.5 Å². The molecule has 0 saturated heterocycles. The Labute approximate surface area is 193 Å². The maximum absolute atomic E-state index is 12.6. The molecule has 8 nitrogen and oxygen atoms in total. The lowest BCUT2D eigenvalue weighted by atomic mass is 10.2. The van der Waals surface area contributed by atoms with Gasteiger partial charge in [0.15, 0.2) is 12.3 Å². The van der Waals surface area contributed by atoms with Crippen molar-refractivity contribution in [1.82, 2.24) is 9.78 Å². The number of halogens is 2. The maximum Gasteiger partial charge on any atom is 0.360 e. The molecule has 0 aliphatic rings. The van der Waals surface area contributed by atoms with E-state index in [1.165, 1.54) is 12.1 Å². The number of hydrogen-bond donors (Lipinski definition) is 1. The summed E-state index contributed by atoms with van der Waals surface area (Å²) in [5, 5.41) is 7.25. The van der Waals surface area contributed by atoms with Crippen molar-refractivity contribution in [1.29, 1.82) is 0 Å². The van der Waals surface area contributed by atoms with Crippen LogP contribution in [-0.2, 0) is 9.53 Å². The van der Waals surface area contributed by atoms with Gasteiger partial charge < -0.3 is 14.8 Å². The van der Waals surface area contributed by atoms with E-state index in [4.69, 9.17) is 32.7 Å². The Kier molecular flexibility index (Phi) is 7.50. The predicted octanol–water partition coefficient (Wildman–Crippen LogP) is 4.04. The first-order chi connectivity index (χ1) is 15.3. The van der Waals surface area contributed by atoms with E-state index >= 15 is 0 Å². The van der Waals surface area contributed by atoms with Crippen LogP contribution in [0.5, 0.6) is 5.75 Å². The van der Waals surface area contributed by atoms with Crippen molar-refractivity contribution < 1.29 is 19.1 Å². The first kappa shape index (κ1) is 23.3. The molecule has 0 atom stereocenters. The second-order valence-electron chi connectivity index (χ2n) is 6.62. The van der Waals surface area contributed by atoms with Crippen molar-refractivity contribution in [3.63, 3.8) is 0 Å². The average Bonchev–Trinajstić information content (AvgIpc) is 2.74. The Hall–Kier alpha value is -3.36. The first-order valence-corrected chi connectivity index (χ1v) is 10.3. The summed E-state index contributed by atoms with van der Waals surface area (Å²) >= 11 is 11.9. The van der Waals surface area contributed by atoms with E-state index in [-0.39, 0.29) is 28.8 Å². The minimum atomic E-state index is -0.787. The summed E-state index contributed by atoms with van der Waals surface area (Å²) in [6.45, 7) is 3.21. The number of esters is 1. The van der Waals surface area contributed by atoms with Crippen LogP contribution < -0.4 is 15.6 Å². The molecule has 32 heavy (non-hydrogen) atoms. The van der Waals surface area contributed by atoms with E-state index in [9.17, 15) is 14.4 Å². The monoisotopic (exact) mass is 475 g/mol. The molecule has 0 unspecified atom stereocenters. The zero-order chi connectivity index (χ0) is 23.3. The van der Waals surface area contributed by atoms with Crippen LogP contribution in [0.1, 0.15) is 23.0 Å². The van der Waals surface area contributed by atoms with Crippen LogP contribution in [0.15, 0.2) is 53.3 Å². The van der Waals surface area contributed by atoms with Gasteiger partial charge in [-0.3, -0.25) is 9.59 Å². The SMILES string of the molecule is CCOC(=O)c1nn(-c2ccc(C)cc2)c(=O)cc1NC(=O)COc1ccc(Cl)cc1Cl. The number of amides is 1. The average molecular weight is 476 g/mol. The minimum Gasteiger partial charge on any atom is -0.482 e. The summed E-state index contributed by atoms with van der Waals surface area (Å²) in [4.78, 5) is 37.5. The minimum absolute atomic E-state index is 0.0902. The number of nitrogens with zero attached hydrogens (tertiary/aromatic N) is 2. The zero-order valence-electron chi connectivity index (χ0n) is 17.2. The van der Waals surface area contributed by atoms with Gasteiger partial charge >= 0.3 is 5.97 Å². The van der Waals surface area contributed by atoms with Crippen molar-refractivity contribution in [2.75, 3.05) is 18.5 Å². The van der Waals surface area contributed by atoms with Crippen LogP contribution in [0, 0.1) is 6.92 Å². The van der Waals surface area contributed by atoms with E-state index in [0.717, 1.165) is 16.3 Å². The molecule has 1 amide bonds. The fourth-order valence-corrected chi connectivity index (χ4v) is 3.16. The molecule has 0 aliphatic carbocycles. The van der Waals surface area contributed by atoms with Gasteiger partial charge in [-0.2, -0.15) is 9.78 Å². The van der Waals surface area contributed by atoms with Gasteiger partial charge in [-0.15, -0.1) is 0 Å². The molecule has 0 radical (unpaired) electrons. The molecule has 1 heterocycles. The number of benzene rings is 2. The third-order valence-corrected chi connectivity index (χ3v) is 4.74. The number of ether oxygens (including phenoxy) is 2. The normalized spacial score (nSPS) is 10.5. The molecule has 166 valence electrons. The Morgan fingerprint density at radius 2 is 1.81 bits per heavy atom. The summed E-state index contributed by atoms with van der Waals surface area (Å²) in [7, 11) is 0. The summed E-state index contributed by atoms with van der Waals surface area (Å²) in [6.07, 6.45) is 0. The highest BCUT2D eigenvalue weighted by Crippen LogP contribution is 2.27. The number of hydrogen-bond acceptors (Lipinski definition) is 6. The number of carbonyl (C=O) groups is 2. The van der Waals surface area contributed by atoms with E-state index in [2.05, 4.69) is 10.4 Å². The van der Waals surface area contributed by atoms with E-state index in [0.29, 0.717) is 10.7 Å². The molecule has 3 rings (SSSR count). The number of aromatic nitrogens is 2. The van der Waals surface area contributed by atoms with Crippen molar-refractivity contribution >= 4 is 40.8 Å². The predicted molar refractivity (Wildman–Crippen MR) is 121 cm³/mol. The summed E-state index contributed by atoms with van der Waals surface area (Å²) in [5.74, 6) is -1.16. The third kappa shape index (κ3) is 5.66. The Morgan fingerprint density at radius 3 is 2.47 bits per heavy atom. The molecule has 0 saturated carbocycles. The number of anilines is 1. The summed E-state index contributed by atoms with van der Waals surface area (Å²) in [6, 6.07) is 12.7. The second kappa shape index (κ2) is 10.3. The van der Waals surface area contributed by atoms with Gasteiger partial charge in [-0.05, 0) is 44.2 Å². The molecule has 0 spiro atoms. The van der Waals surface area contributed by atoms with Crippen LogP contribution in [0.4, 0.5) is 5.69 Å². The number of aryl methyl sites for hydroxylation is 1. The van der Waals surface area contributed by atoms with Crippen LogP contribution in [0.2, 0.25) is 10.0 Å². The quantitative estimate of drug-likeness (QED) is 0.517. The Bertz CT molecular complexity index is 1210. The molecule has 0 aliphatic heterocycles. The molecule has 2 aromatic carbocycles. The highest BCUT2D eigenvalue weighted by molar-refractivity contribution is 6.35. The molecule has 0 fully saturated rings. The van der Waals surface area contributed by atoms with Crippen molar-refractivity contribution in [3.05, 3.63) is 80.2 Å². The largest absolute Gasteiger partial charge is 0.482 e. The zero-order valence-corrected chi connectivity index (χ0v) is 18.7. The lowest BCUT2D eigenvalue weighted by Gasteiger charge is -2.13. The smallest absolute Gasteiger partial charge is 0.360 e. The van der Waals surface area contributed by atoms with Gasteiger partial charge in [0.05, 0.1) is 23.0 Å². The Balaban J connectivity index is 1.86. The molecule has 1 N–H and O–H groups in total. The maximum atomic E-state index is 12.6. The number of rotatable bonds is 7. The van der Waals surface area contributed by atoms with Crippen LogP contribution in [0.3, 0.4) is 0 Å². The molecule has 1 aromatic heterocycles. The van der Waals surface area contributed by atoms with E-state index < -0.39 is 24.0 Å². The molecular formula is C22H19Cl2N3O5. The van der Waals surface area contributed by atoms with E-state index in [1.807, 2.05) is 19.1 Å². The van der Waals surface area contributed by atoms with Crippen LogP contribution in [-0.4, -0.2) is 34.9 Å². The van der Waals surface area contributed by atoms with Gasteiger partial charge in [-0.25, -0.2) is 4.79 Å². The van der Waals surface area contributed by atoms with E-state index in [1.54, 1.807) is 25.1 Å². The first-order valence-electron chi connectivity index (χ1n) is 9.54. The third-order valence-electron chi connectivity index (χ3n) is 4.21. The van der Waals surface area contributed by atoms with Gasteiger partial charge in [-0.1, -0.05) is 40.9 Å². The van der Waals surface area contributed by atoms with Crippen LogP contribution in [0.25, 0.3) is 5.69 Å². The molecular weight excluding hydrogens is 457 g/mol. The standard InChI is InChI=1S/C22H19Cl2N3O5/c1-3-31-22(30)21-17(11-20(29)27(26-21)15-7-4-13(2)5-8-15)25-19(28)12-32-18-9-6-14(23)10-16(18)24/h4-11H,3,12H2,1-2H3,(H,25,28). The highest BCUT2D eigenvalue weighted by Gasteiger charge is 2.20.